The first-order chi connectivity index (χ1) is 9.97. The van der Waals surface area contributed by atoms with Gasteiger partial charge in [0.25, 0.3) is 0 Å². The summed E-state index contributed by atoms with van der Waals surface area (Å²) in [5.74, 6) is -1.89. The van der Waals surface area contributed by atoms with E-state index < -0.39 is 17.8 Å². The van der Waals surface area contributed by atoms with E-state index in [4.69, 9.17) is 5.11 Å². The lowest BCUT2D eigenvalue weighted by atomic mass is 10.2. The van der Waals surface area contributed by atoms with E-state index in [0.717, 1.165) is 23.8 Å². The molecule has 3 N–H and O–H groups in total. The lowest BCUT2D eigenvalue weighted by molar-refractivity contribution is 0.0697. The number of amides is 2. The molecule has 0 aliphatic carbocycles. The van der Waals surface area contributed by atoms with Gasteiger partial charge in [-0.1, -0.05) is 0 Å². The Balaban J connectivity index is 2.05. The molecule has 0 spiro atoms. The number of rotatable bonds is 4. The number of hydrogen-bond acceptors (Lipinski definition) is 3. The van der Waals surface area contributed by atoms with E-state index in [9.17, 15) is 14.0 Å². The fraction of sp³-hybridized carbons (Fsp3) is 0.143. The van der Waals surface area contributed by atoms with Gasteiger partial charge in [-0.2, -0.15) is 11.3 Å². The fourth-order valence-corrected chi connectivity index (χ4v) is 2.47. The van der Waals surface area contributed by atoms with E-state index in [1.807, 2.05) is 16.8 Å². The van der Waals surface area contributed by atoms with Crippen molar-refractivity contribution in [3.8, 4) is 0 Å². The third-order valence-corrected chi connectivity index (χ3v) is 3.55. The van der Waals surface area contributed by atoms with Gasteiger partial charge >= 0.3 is 12.0 Å². The summed E-state index contributed by atoms with van der Waals surface area (Å²) in [6, 6.07) is 4.25. The zero-order chi connectivity index (χ0) is 15.4. The highest BCUT2D eigenvalue weighted by molar-refractivity contribution is 7.07. The maximum atomic E-state index is 13.6. The molecular weight excluding hydrogens is 295 g/mol. The molecule has 7 heteroatoms. The third-order valence-electron chi connectivity index (χ3n) is 2.85. The van der Waals surface area contributed by atoms with Gasteiger partial charge < -0.3 is 15.7 Å². The van der Waals surface area contributed by atoms with Crippen LogP contribution in [0.1, 0.15) is 28.9 Å². The zero-order valence-corrected chi connectivity index (χ0v) is 11.9. The SMILES string of the molecule is CC(NC(=O)Nc1cc(C(=O)O)ccc1F)c1ccsc1. The molecule has 0 saturated carbocycles. The third kappa shape index (κ3) is 3.79. The van der Waals surface area contributed by atoms with E-state index in [1.54, 1.807) is 6.92 Å². The minimum atomic E-state index is -1.19. The van der Waals surface area contributed by atoms with Crippen molar-refractivity contribution in [2.24, 2.45) is 0 Å². The summed E-state index contributed by atoms with van der Waals surface area (Å²) < 4.78 is 13.6. The normalized spacial score (nSPS) is 11.7. The molecule has 5 nitrogen and oxygen atoms in total. The second-order valence-electron chi connectivity index (χ2n) is 4.38. The fourth-order valence-electron chi connectivity index (χ4n) is 1.71. The van der Waals surface area contributed by atoms with Gasteiger partial charge in [-0.15, -0.1) is 0 Å². The zero-order valence-electron chi connectivity index (χ0n) is 11.1. The average Bonchev–Trinajstić information content (AvgIpc) is 2.95. The number of carbonyl (C=O) groups excluding carboxylic acids is 1. The van der Waals surface area contributed by atoms with E-state index in [-0.39, 0.29) is 17.3 Å². The monoisotopic (exact) mass is 308 g/mol. The Morgan fingerprint density at radius 1 is 1.33 bits per heavy atom. The molecular formula is C14H13FN2O3S. The van der Waals surface area contributed by atoms with Gasteiger partial charge in [-0.3, -0.25) is 0 Å². The summed E-state index contributed by atoms with van der Waals surface area (Å²) in [4.78, 5) is 22.7. The van der Waals surface area contributed by atoms with Crippen LogP contribution in [0.2, 0.25) is 0 Å². The largest absolute Gasteiger partial charge is 0.478 e. The van der Waals surface area contributed by atoms with Gasteiger partial charge in [-0.05, 0) is 47.5 Å². The Hall–Kier alpha value is -2.41. The van der Waals surface area contributed by atoms with Crippen LogP contribution in [-0.2, 0) is 0 Å². The van der Waals surface area contributed by atoms with Crippen LogP contribution in [0.3, 0.4) is 0 Å². The van der Waals surface area contributed by atoms with E-state index in [0.29, 0.717) is 0 Å². The van der Waals surface area contributed by atoms with Gasteiger partial charge in [0, 0.05) is 0 Å². The van der Waals surface area contributed by atoms with E-state index >= 15 is 0 Å². The molecule has 110 valence electrons. The summed E-state index contributed by atoms with van der Waals surface area (Å²) in [6.45, 7) is 1.80. The Morgan fingerprint density at radius 3 is 2.71 bits per heavy atom. The smallest absolute Gasteiger partial charge is 0.335 e. The lowest BCUT2D eigenvalue weighted by Gasteiger charge is -2.14. The molecule has 1 aromatic carbocycles. The molecule has 21 heavy (non-hydrogen) atoms. The topological polar surface area (TPSA) is 78.4 Å². The number of carboxylic acid groups (broad SMARTS) is 1. The number of benzene rings is 1. The van der Waals surface area contributed by atoms with Crippen molar-refractivity contribution >= 4 is 29.0 Å². The minimum absolute atomic E-state index is 0.0995. The van der Waals surface area contributed by atoms with Gasteiger partial charge in [-0.25, -0.2) is 14.0 Å². The number of carbonyl (C=O) groups is 2. The molecule has 2 amide bonds. The van der Waals surface area contributed by atoms with Gasteiger partial charge in [0.05, 0.1) is 17.3 Å². The Kier molecular flexibility index (Phi) is 4.54. The molecule has 0 saturated heterocycles. The van der Waals surface area contributed by atoms with Crippen LogP contribution >= 0.6 is 11.3 Å². The maximum Gasteiger partial charge on any atom is 0.335 e. The molecule has 1 heterocycles. The highest BCUT2D eigenvalue weighted by Gasteiger charge is 2.13. The number of anilines is 1. The van der Waals surface area contributed by atoms with Crippen molar-refractivity contribution in [2.45, 2.75) is 13.0 Å². The number of thiophene rings is 1. The first-order valence-corrected chi connectivity index (χ1v) is 7.04. The summed E-state index contributed by atoms with van der Waals surface area (Å²) in [5, 5.41) is 17.6. The van der Waals surface area contributed by atoms with Crippen molar-refractivity contribution in [1.82, 2.24) is 5.32 Å². The van der Waals surface area contributed by atoms with Crippen molar-refractivity contribution in [2.75, 3.05) is 5.32 Å². The molecule has 1 unspecified atom stereocenters. The number of aromatic carboxylic acids is 1. The number of urea groups is 1. The van der Waals surface area contributed by atoms with Crippen molar-refractivity contribution < 1.29 is 19.1 Å². The molecule has 2 aromatic rings. The second kappa shape index (κ2) is 6.36. The summed E-state index contributed by atoms with van der Waals surface area (Å²) in [6.07, 6.45) is 0. The van der Waals surface area contributed by atoms with Crippen LogP contribution in [0.25, 0.3) is 0 Å². The number of carboxylic acids is 1. The summed E-state index contributed by atoms with van der Waals surface area (Å²) in [7, 11) is 0. The Bertz CT molecular complexity index is 658. The molecule has 2 rings (SSSR count). The van der Waals surface area contributed by atoms with Crippen LogP contribution in [-0.4, -0.2) is 17.1 Å². The van der Waals surface area contributed by atoms with E-state index in [2.05, 4.69) is 10.6 Å². The average molecular weight is 308 g/mol. The van der Waals surface area contributed by atoms with E-state index in [1.165, 1.54) is 11.3 Å². The highest BCUT2D eigenvalue weighted by atomic mass is 32.1. The van der Waals surface area contributed by atoms with Crippen LogP contribution in [0.15, 0.2) is 35.0 Å². The first-order valence-electron chi connectivity index (χ1n) is 6.10. The number of hydrogen-bond donors (Lipinski definition) is 3. The Morgan fingerprint density at radius 2 is 2.10 bits per heavy atom. The predicted molar refractivity (Wildman–Crippen MR) is 78.2 cm³/mol. The lowest BCUT2D eigenvalue weighted by Crippen LogP contribution is -2.31. The predicted octanol–water partition coefficient (Wildman–Crippen LogP) is 3.47. The molecule has 1 atom stereocenters. The van der Waals surface area contributed by atoms with Crippen LogP contribution in [0, 0.1) is 5.82 Å². The summed E-state index contributed by atoms with van der Waals surface area (Å²) in [5.41, 5.74) is 0.664. The molecule has 0 fully saturated rings. The maximum absolute atomic E-state index is 13.6. The number of halogens is 1. The second-order valence-corrected chi connectivity index (χ2v) is 5.16. The molecule has 0 bridgehead atoms. The first kappa shape index (κ1) is 15.0. The van der Waals surface area contributed by atoms with Gasteiger partial charge in [0.15, 0.2) is 0 Å². The van der Waals surface area contributed by atoms with Crippen molar-refractivity contribution in [1.29, 1.82) is 0 Å². The van der Waals surface area contributed by atoms with Crippen LogP contribution in [0.4, 0.5) is 14.9 Å². The standard InChI is InChI=1S/C14H13FN2O3S/c1-8(10-4-5-21-7-10)16-14(20)17-12-6-9(13(18)19)2-3-11(12)15/h2-8H,1H3,(H,18,19)(H2,16,17,20). The highest BCUT2D eigenvalue weighted by Crippen LogP contribution is 2.18. The molecule has 0 aliphatic heterocycles. The minimum Gasteiger partial charge on any atom is -0.478 e. The van der Waals surface area contributed by atoms with Crippen LogP contribution < -0.4 is 10.6 Å². The van der Waals surface area contributed by atoms with Crippen molar-refractivity contribution in [3.05, 3.63) is 52.0 Å². The molecule has 0 aliphatic rings. The number of nitrogens with one attached hydrogen (secondary N) is 2. The van der Waals surface area contributed by atoms with Gasteiger partial charge in [0.1, 0.15) is 5.82 Å². The van der Waals surface area contributed by atoms with Crippen LogP contribution in [0.5, 0.6) is 0 Å². The molecule has 0 radical (unpaired) electrons. The molecule has 1 aromatic heterocycles. The summed E-state index contributed by atoms with van der Waals surface area (Å²) >= 11 is 1.51. The Labute approximate surface area is 124 Å². The van der Waals surface area contributed by atoms with Gasteiger partial charge in [0.2, 0.25) is 0 Å². The van der Waals surface area contributed by atoms with Crippen molar-refractivity contribution in [3.63, 3.8) is 0 Å². The quantitative estimate of drug-likeness (QED) is 0.809.